The Hall–Kier alpha value is -0.0800. The molecule has 4 unspecified atom stereocenters. The lowest BCUT2D eigenvalue weighted by atomic mass is 9.70. The van der Waals surface area contributed by atoms with Crippen LogP contribution in [0.4, 0.5) is 0 Å². The van der Waals surface area contributed by atoms with E-state index in [0.29, 0.717) is 11.8 Å². The first-order valence-electron chi connectivity index (χ1n) is 7.12. The molecule has 0 aromatic heterocycles. The normalized spacial score (nSPS) is 30.0. The summed E-state index contributed by atoms with van der Waals surface area (Å²) in [6.07, 6.45) is 5.84. The molecule has 0 aromatic carbocycles. The molecule has 1 rings (SSSR count). The number of hydrogen-bond donors (Lipinski definition) is 1. The smallest absolute Gasteiger partial charge is 0.0881 e. The maximum atomic E-state index is 10.6. The first-order chi connectivity index (χ1) is 7.91. The van der Waals surface area contributed by atoms with E-state index in [1.165, 1.54) is 25.7 Å². The lowest BCUT2D eigenvalue weighted by Crippen LogP contribution is -2.46. The maximum absolute atomic E-state index is 10.6. The van der Waals surface area contributed by atoms with Crippen molar-refractivity contribution < 1.29 is 9.84 Å². The van der Waals surface area contributed by atoms with Gasteiger partial charge in [-0.25, -0.2) is 0 Å². The fourth-order valence-electron chi connectivity index (χ4n) is 3.42. The highest BCUT2D eigenvalue weighted by Crippen LogP contribution is 2.38. The summed E-state index contributed by atoms with van der Waals surface area (Å²) in [6, 6.07) is 0. The monoisotopic (exact) mass is 242 g/mol. The van der Waals surface area contributed by atoms with Crippen LogP contribution in [0.2, 0.25) is 0 Å². The molecule has 0 aromatic rings. The molecule has 0 bridgehead atoms. The van der Waals surface area contributed by atoms with Crippen LogP contribution in [0.3, 0.4) is 0 Å². The number of aliphatic hydroxyl groups excluding tert-OH is 1. The molecule has 1 N–H and O–H groups in total. The number of hydrogen-bond acceptors (Lipinski definition) is 2. The molecule has 0 aliphatic heterocycles. The van der Waals surface area contributed by atoms with Crippen molar-refractivity contribution in [1.29, 1.82) is 0 Å². The fourth-order valence-corrected chi connectivity index (χ4v) is 3.42. The van der Waals surface area contributed by atoms with Crippen LogP contribution in [0.15, 0.2) is 0 Å². The van der Waals surface area contributed by atoms with E-state index in [9.17, 15) is 5.11 Å². The average molecular weight is 242 g/mol. The predicted molar refractivity (Wildman–Crippen MR) is 72.0 cm³/mol. The highest BCUT2D eigenvalue weighted by molar-refractivity contribution is 4.89. The van der Waals surface area contributed by atoms with Gasteiger partial charge in [0.2, 0.25) is 0 Å². The summed E-state index contributed by atoms with van der Waals surface area (Å²) in [5.41, 5.74) is 0.00387. The largest absolute Gasteiger partial charge is 0.390 e. The van der Waals surface area contributed by atoms with Crippen LogP contribution in [-0.2, 0) is 4.74 Å². The van der Waals surface area contributed by atoms with Crippen molar-refractivity contribution >= 4 is 0 Å². The lowest BCUT2D eigenvalue weighted by Gasteiger charge is -2.41. The molecule has 2 nitrogen and oxygen atoms in total. The summed E-state index contributed by atoms with van der Waals surface area (Å²) < 4.78 is 5.57. The van der Waals surface area contributed by atoms with Crippen molar-refractivity contribution in [2.45, 2.75) is 72.0 Å². The Labute approximate surface area is 107 Å². The van der Waals surface area contributed by atoms with Gasteiger partial charge in [0.15, 0.2) is 0 Å². The minimum Gasteiger partial charge on any atom is -0.390 e. The maximum Gasteiger partial charge on any atom is 0.0881 e. The van der Waals surface area contributed by atoms with Crippen LogP contribution in [0.1, 0.15) is 59.8 Å². The Morgan fingerprint density at radius 2 is 1.82 bits per heavy atom. The molecule has 1 aliphatic rings. The van der Waals surface area contributed by atoms with Gasteiger partial charge >= 0.3 is 0 Å². The van der Waals surface area contributed by atoms with E-state index >= 15 is 0 Å². The van der Waals surface area contributed by atoms with Gasteiger partial charge in [-0.3, -0.25) is 0 Å². The second-order valence-corrected chi connectivity index (χ2v) is 6.63. The second-order valence-electron chi connectivity index (χ2n) is 6.63. The SMILES string of the molecule is CCC1CCCCC1C(O)C(OC)C(C)(C)C. The molecule has 4 atom stereocenters. The number of rotatable bonds is 4. The van der Waals surface area contributed by atoms with Crippen LogP contribution >= 0.6 is 0 Å². The zero-order chi connectivity index (χ0) is 13.1. The van der Waals surface area contributed by atoms with Crippen molar-refractivity contribution in [2.75, 3.05) is 7.11 Å². The third-order valence-corrected chi connectivity index (χ3v) is 4.35. The third kappa shape index (κ3) is 3.69. The summed E-state index contributed by atoms with van der Waals surface area (Å²) in [6.45, 7) is 8.69. The van der Waals surface area contributed by atoms with Crippen molar-refractivity contribution in [1.82, 2.24) is 0 Å². The van der Waals surface area contributed by atoms with Crippen molar-refractivity contribution in [3.8, 4) is 0 Å². The first-order valence-corrected chi connectivity index (χ1v) is 7.12. The molecule has 17 heavy (non-hydrogen) atoms. The van der Waals surface area contributed by atoms with Gasteiger partial charge in [-0.05, 0) is 23.7 Å². The summed E-state index contributed by atoms with van der Waals surface area (Å²) >= 11 is 0. The quantitative estimate of drug-likeness (QED) is 0.816. The van der Waals surface area contributed by atoms with Crippen LogP contribution < -0.4 is 0 Å². The van der Waals surface area contributed by atoms with E-state index in [4.69, 9.17) is 4.74 Å². The highest BCUT2D eigenvalue weighted by atomic mass is 16.5. The zero-order valence-corrected chi connectivity index (χ0v) is 12.2. The number of methoxy groups -OCH3 is 1. The van der Waals surface area contributed by atoms with E-state index in [1.807, 2.05) is 0 Å². The van der Waals surface area contributed by atoms with E-state index < -0.39 is 0 Å². The highest BCUT2D eigenvalue weighted by Gasteiger charge is 2.39. The molecule has 2 heteroatoms. The minimum absolute atomic E-state index is 0.00387. The molecule has 1 aliphatic carbocycles. The Bertz CT molecular complexity index is 219. The van der Waals surface area contributed by atoms with Gasteiger partial charge in [0.05, 0.1) is 12.2 Å². The van der Waals surface area contributed by atoms with E-state index in [1.54, 1.807) is 7.11 Å². The second kappa shape index (κ2) is 6.19. The summed E-state index contributed by atoms with van der Waals surface area (Å²) in [7, 11) is 1.73. The van der Waals surface area contributed by atoms with Gasteiger partial charge in [0.25, 0.3) is 0 Å². The van der Waals surface area contributed by atoms with Gasteiger partial charge in [-0.2, -0.15) is 0 Å². The number of aliphatic hydroxyl groups is 1. The topological polar surface area (TPSA) is 29.5 Å². The van der Waals surface area contributed by atoms with Gasteiger partial charge in [-0.1, -0.05) is 53.4 Å². The predicted octanol–water partition coefficient (Wildman–Crippen LogP) is 3.62. The summed E-state index contributed by atoms with van der Waals surface area (Å²) in [5, 5.41) is 10.6. The number of ether oxygens (including phenoxy) is 1. The van der Waals surface area contributed by atoms with Crippen LogP contribution in [0, 0.1) is 17.3 Å². The first kappa shape index (κ1) is 15.0. The minimum atomic E-state index is -0.315. The fraction of sp³-hybridized carbons (Fsp3) is 1.00. The molecule has 1 fully saturated rings. The third-order valence-electron chi connectivity index (χ3n) is 4.35. The molecule has 0 spiro atoms. The molecular formula is C15H30O2. The van der Waals surface area contributed by atoms with Gasteiger partial charge in [0.1, 0.15) is 0 Å². The van der Waals surface area contributed by atoms with Crippen molar-refractivity contribution in [3.05, 3.63) is 0 Å². The Morgan fingerprint density at radius 3 is 2.29 bits per heavy atom. The molecule has 0 radical (unpaired) electrons. The Morgan fingerprint density at radius 1 is 1.24 bits per heavy atom. The molecular weight excluding hydrogens is 212 g/mol. The van der Waals surface area contributed by atoms with Crippen molar-refractivity contribution in [3.63, 3.8) is 0 Å². The molecule has 0 amide bonds. The van der Waals surface area contributed by atoms with Crippen LogP contribution in [-0.4, -0.2) is 24.4 Å². The standard InChI is InChI=1S/C15H30O2/c1-6-11-9-7-8-10-12(11)13(16)14(17-5)15(2,3)4/h11-14,16H,6-10H2,1-5H3. The lowest BCUT2D eigenvalue weighted by molar-refractivity contribution is -0.108. The van der Waals surface area contributed by atoms with E-state index in [0.717, 1.165) is 6.42 Å². The van der Waals surface area contributed by atoms with E-state index in [2.05, 4.69) is 27.7 Å². The summed E-state index contributed by atoms with van der Waals surface area (Å²) in [5.74, 6) is 1.11. The Balaban J connectivity index is 2.74. The van der Waals surface area contributed by atoms with Crippen LogP contribution in [0.5, 0.6) is 0 Å². The van der Waals surface area contributed by atoms with Gasteiger partial charge < -0.3 is 9.84 Å². The van der Waals surface area contributed by atoms with E-state index in [-0.39, 0.29) is 17.6 Å². The molecule has 1 saturated carbocycles. The molecule has 102 valence electrons. The molecule has 0 heterocycles. The zero-order valence-electron chi connectivity index (χ0n) is 12.2. The van der Waals surface area contributed by atoms with Gasteiger partial charge in [-0.15, -0.1) is 0 Å². The van der Waals surface area contributed by atoms with Crippen LogP contribution in [0.25, 0.3) is 0 Å². The van der Waals surface area contributed by atoms with Crippen molar-refractivity contribution in [2.24, 2.45) is 17.3 Å². The molecule has 0 saturated heterocycles. The van der Waals surface area contributed by atoms with Gasteiger partial charge in [0, 0.05) is 7.11 Å². The Kier molecular flexibility index (Phi) is 5.46. The average Bonchev–Trinajstić information content (AvgIpc) is 2.27. The summed E-state index contributed by atoms with van der Waals surface area (Å²) in [4.78, 5) is 0.